The second-order valence-electron chi connectivity index (χ2n) is 7.15. The van der Waals surface area contributed by atoms with Crippen molar-refractivity contribution in [1.29, 1.82) is 0 Å². The molecule has 30 heavy (non-hydrogen) atoms. The molecule has 0 aliphatic rings. The summed E-state index contributed by atoms with van der Waals surface area (Å²) in [7, 11) is 1.41. The van der Waals surface area contributed by atoms with Crippen LogP contribution in [0.4, 0.5) is 10.1 Å². The fraction of sp³-hybridized carbons (Fsp3) is 0.316. The fourth-order valence-electron chi connectivity index (χ4n) is 2.90. The maximum Gasteiger partial charge on any atom is 0.283 e. The summed E-state index contributed by atoms with van der Waals surface area (Å²) >= 11 is 0. The van der Waals surface area contributed by atoms with Crippen LogP contribution in [-0.4, -0.2) is 25.7 Å². The number of carbonyl (C=O) groups excluding carboxylic acids is 1. The van der Waals surface area contributed by atoms with E-state index in [-0.39, 0.29) is 18.3 Å². The van der Waals surface area contributed by atoms with Gasteiger partial charge in [-0.15, -0.1) is 15.1 Å². The first-order valence-electron chi connectivity index (χ1n) is 8.93. The molecule has 0 spiro atoms. The van der Waals surface area contributed by atoms with Crippen molar-refractivity contribution in [2.75, 3.05) is 0 Å². The number of nitrogens with one attached hydrogen (secondary N) is 1. The van der Waals surface area contributed by atoms with E-state index in [4.69, 9.17) is 4.42 Å². The number of hydrogen-bond donors (Lipinski definition) is 1. The van der Waals surface area contributed by atoms with Gasteiger partial charge in [-0.25, -0.2) is 9.37 Å². The molecule has 0 aliphatic carbocycles. The number of benzene rings is 1. The molecule has 0 fully saturated rings. The Balaban J connectivity index is 2.01. The summed E-state index contributed by atoms with van der Waals surface area (Å²) in [5, 5.41) is 13.0. The third-order valence-corrected chi connectivity index (χ3v) is 4.56. The molecule has 0 saturated heterocycles. The number of halogens is 1. The molecule has 1 N–H and O–H groups in total. The zero-order valence-corrected chi connectivity index (χ0v) is 16.8. The Morgan fingerprint density at radius 2 is 1.93 bits per heavy atom. The first-order valence-corrected chi connectivity index (χ1v) is 8.93. The molecular weight excluding hydrogens is 395 g/mol. The highest BCUT2D eigenvalue weighted by Crippen LogP contribution is 2.29. The molecule has 3 rings (SSSR count). The summed E-state index contributed by atoms with van der Waals surface area (Å²) in [4.78, 5) is 40.9. The summed E-state index contributed by atoms with van der Waals surface area (Å²) in [6.45, 7) is 5.04. The van der Waals surface area contributed by atoms with Crippen LogP contribution in [0.1, 0.15) is 47.5 Å². The average molecular weight is 414 g/mol. The van der Waals surface area contributed by atoms with Crippen LogP contribution in [0.15, 0.2) is 38.7 Å². The Morgan fingerprint density at radius 1 is 1.27 bits per heavy atom. The minimum Gasteiger partial charge on any atom is -0.425 e. The molecule has 10 nitrogen and oxygen atoms in total. The monoisotopic (exact) mass is 414 g/mol. The van der Waals surface area contributed by atoms with Gasteiger partial charge in [0.1, 0.15) is 17.1 Å². The molecule has 0 bridgehead atoms. The van der Waals surface area contributed by atoms with Crippen LogP contribution < -0.4 is 10.9 Å². The first-order chi connectivity index (χ1) is 14.1. The van der Waals surface area contributed by atoms with Crippen molar-refractivity contribution in [3.63, 3.8) is 0 Å². The molecule has 11 heteroatoms. The fourth-order valence-corrected chi connectivity index (χ4v) is 2.90. The second-order valence-corrected chi connectivity index (χ2v) is 7.15. The number of nitroso groups, excluding NO2 is 1. The molecule has 3 aromatic rings. The highest BCUT2D eigenvalue weighted by Gasteiger charge is 2.36. The van der Waals surface area contributed by atoms with Gasteiger partial charge in [0.2, 0.25) is 17.5 Å². The highest BCUT2D eigenvalue weighted by atomic mass is 19.1. The minimum atomic E-state index is -1.04. The Labute approximate surface area is 170 Å². The van der Waals surface area contributed by atoms with Gasteiger partial charge in [-0.05, 0) is 36.7 Å². The van der Waals surface area contributed by atoms with Crippen molar-refractivity contribution in [3.05, 3.63) is 74.2 Å². The lowest BCUT2D eigenvalue weighted by Crippen LogP contribution is -2.35. The van der Waals surface area contributed by atoms with Crippen LogP contribution >= 0.6 is 0 Å². The maximum absolute atomic E-state index is 13.0. The molecule has 0 unspecified atom stereocenters. The third kappa shape index (κ3) is 3.86. The van der Waals surface area contributed by atoms with Crippen molar-refractivity contribution < 1.29 is 13.6 Å². The SMILES string of the molecule is Cc1nnc(C(C)(C)c2nc(C(=O)NCc3ccc(F)cc3)c(N=O)c(=O)n2C)o1. The van der Waals surface area contributed by atoms with Crippen LogP contribution in [0, 0.1) is 17.6 Å². The Bertz CT molecular complexity index is 1170. The van der Waals surface area contributed by atoms with Gasteiger partial charge in [-0.2, -0.15) is 0 Å². The van der Waals surface area contributed by atoms with E-state index in [1.807, 2.05) is 0 Å². The van der Waals surface area contributed by atoms with E-state index in [0.717, 1.165) is 4.57 Å². The number of rotatable bonds is 6. The van der Waals surface area contributed by atoms with Gasteiger partial charge >= 0.3 is 0 Å². The normalized spacial score (nSPS) is 11.4. The highest BCUT2D eigenvalue weighted by molar-refractivity contribution is 5.96. The van der Waals surface area contributed by atoms with Crippen molar-refractivity contribution in [2.24, 2.45) is 12.2 Å². The van der Waals surface area contributed by atoms with E-state index in [2.05, 4.69) is 25.7 Å². The van der Waals surface area contributed by atoms with E-state index in [9.17, 15) is 18.9 Å². The molecular formula is C19H19FN6O4. The van der Waals surface area contributed by atoms with Crippen LogP contribution in [0.25, 0.3) is 0 Å². The lowest BCUT2D eigenvalue weighted by Gasteiger charge is -2.23. The molecule has 0 aliphatic heterocycles. The summed E-state index contributed by atoms with van der Waals surface area (Å²) in [6, 6.07) is 5.50. The molecule has 2 aromatic heterocycles. The second kappa shape index (κ2) is 7.93. The van der Waals surface area contributed by atoms with E-state index in [0.29, 0.717) is 11.5 Å². The van der Waals surface area contributed by atoms with Crippen LogP contribution in [-0.2, 0) is 19.0 Å². The maximum atomic E-state index is 13.0. The van der Waals surface area contributed by atoms with Crippen molar-refractivity contribution in [1.82, 2.24) is 25.1 Å². The number of carbonyl (C=O) groups is 1. The van der Waals surface area contributed by atoms with Crippen LogP contribution in [0.5, 0.6) is 0 Å². The van der Waals surface area contributed by atoms with E-state index >= 15 is 0 Å². The predicted molar refractivity (Wildman–Crippen MR) is 104 cm³/mol. The van der Waals surface area contributed by atoms with Gasteiger partial charge in [0.25, 0.3) is 11.5 Å². The Hall–Kier alpha value is -3.76. The minimum absolute atomic E-state index is 0.0376. The molecule has 1 amide bonds. The molecule has 156 valence electrons. The number of aryl methyl sites for hydroxylation is 1. The van der Waals surface area contributed by atoms with Crippen molar-refractivity contribution in [2.45, 2.75) is 32.7 Å². The predicted octanol–water partition coefficient (Wildman–Crippen LogP) is 2.26. The summed E-state index contributed by atoms with van der Waals surface area (Å²) in [5.41, 5.74) is -2.24. The van der Waals surface area contributed by atoms with Gasteiger partial charge in [-0.3, -0.25) is 14.2 Å². The third-order valence-electron chi connectivity index (χ3n) is 4.56. The van der Waals surface area contributed by atoms with Crippen LogP contribution in [0.3, 0.4) is 0 Å². The van der Waals surface area contributed by atoms with Crippen molar-refractivity contribution in [3.8, 4) is 0 Å². The van der Waals surface area contributed by atoms with Gasteiger partial charge in [-0.1, -0.05) is 12.1 Å². The van der Waals surface area contributed by atoms with Gasteiger partial charge in [0, 0.05) is 20.5 Å². The summed E-state index contributed by atoms with van der Waals surface area (Å²) in [5.74, 6) is -0.534. The van der Waals surface area contributed by atoms with Gasteiger partial charge in [0.15, 0.2) is 5.69 Å². The van der Waals surface area contributed by atoms with E-state index in [1.54, 1.807) is 20.8 Å². The van der Waals surface area contributed by atoms with Crippen molar-refractivity contribution >= 4 is 11.6 Å². The first kappa shape index (κ1) is 21.0. The molecule has 0 saturated carbocycles. The number of nitrogens with zero attached hydrogens (tertiary/aromatic N) is 5. The largest absolute Gasteiger partial charge is 0.425 e. The van der Waals surface area contributed by atoms with Gasteiger partial charge < -0.3 is 9.73 Å². The smallest absolute Gasteiger partial charge is 0.283 e. The number of hydrogen-bond acceptors (Lipinski definition) is 8. The Morgan fingerprint density at radius 3 is 2.50 bits per heavy atom. The standard InChI is InChI=1S/C19H19FN6O4/c1-10-23-24-18(30-10)19(2,3)17-22-13(14(25-29)16(28)26(17)4)15(27)21-9-11-5-7-12(20)8-6-11/h5-8H,9H2,1-4H3,(H,21,27). The van der Waals surface area contributed by atoms with Crippen LogP contribution in [0.2, 0.25) is 0 Å². The zero-order chi connectivity index (χ0) is 22.1. The van der Waals surface area contributed by atoms with E-state index in [1.165, 1.54) is 31.3 Å². The van der Waals surface area contributed by atoms with Gasteiger partial charge in [0.05, 0.1) is 0 Å². The average Bonchev–Trinajstić information content (AvgIpc) is 3.16. The molecule has 0 radical (unpaired) electrons. The summed E-state index contributed by atoms with van der Waals surface area (Å²) < 4.78 is 19.6. The van der Waals surface area contributed by atoms with E-state index < -0.39 is 34.1 Å². The molecule has 2 heterocycles. The number of aromatic nitrogens is 4. The zero-order valence-electron chi connectivity index (χ0n) is 16.8. The quantitative estimate of drug-likeness (QED) is 0.612. The topological polar surface area (TPSA) is 132 Å². The molecule has 1 aromatic carbocycles. The number of amides is 1. The summed E-state index contributed by atoms with van der Waals surface area (Å²) in [6.07, 6.45) is 0. The molecule has 0 atom stereocenters. The lowest BCUT2D eigenvalue weighted by atomic mass is 9.91. The Kier molecular flexibility index (Phi) is 5.54. The lowest BCUT2D eigenvalue weighted by molar-refractivity contribution is 0.0945.